The Hall–Kier alpha value is -0.710. The van der Waals surface area contributed by atoms with Gasteiger partial charge in [0.15, 0.2) is 0 Å². The summed E-state index contributed by atoms with van der Waals surface area (Å²) in [6.45, 7) is 0. The zero-order valence-electron chi connectivity index (χ0n) is 3.75. The molecule has 0 heterocycles. The van der Waals surface area contributed by atoms with Crippen LogP contribution in [0, 0.1) is 5.53 Å². The van der Waals surface area contributed by atoms with Crippen LogP contribution >= 0.6 is 12.2 Å². The molecule has 0 aliphatic heterocycles. The number of rotatable bonds is 0. The molecular formula is C2H4N4S. The van der Waals surface area contributed by atoms with Gasteiger partial charge < -0.3 is 0 Å². The van der Waals surface area contributed by atoms with E-state index in [9.17, 15) is 0 Å². The molecule has 0 aliphatic carbocycles. The van der Waals surface area contributed by atoms with Crippen LogP contribution < -0.4 is 0 Å². The highest BCUT2D eigenvalue weighted by Crippen LogP contribution is 1.79. The van der Waals surface area contributed by atoms with E-state index < -0.39 is 0 Å². The van der Waals surface area contributed by atoms with E-state index in [4.69, 9.17) is 5.53 Å². The molecule has 0 aromatic heterocycles. The summed E-state index contributed by atoms with van der Waals surface area (Å²) in [4.78, 5) is 0. The van der Waals surface area contributed by atoms with Gasteiger partial charge in [0.2, 0.25) is 0 Å². The summed E-state index contributed by atoms with van der Waals surface area (Å²) in [6, 6.07) is 0. The van der Waals surface area contributed by atoms with Gasteiger partial charge in [0.1, 0.15) is 0 Å². The standard InChI is InChI=1S/C2H4N4S/c1-4-6-2(7)5-3/h3H,1H3. The fourth-order valence-corrected chi connectivity index (χ4v) is 0.190. The number of nitrogens with one attached hydrogen (secondary N) is 1. The van der Waals surface area contributed by atoms with Gasteiger partial charge in [0.25, 0.3) is 5.11 Å². The normalized spacial score (nSPS) is 9.29. The summed E-state index contributed by atoms with van der Waals surface area (Å²) in [6.07, 6.45) is 0. The Bertz CT molecular complexity index is 106. The van der Waals surface area contributed by atoms with E-state index in [1.165, 1.54) is 7.05 Å². The molecule has 0 bridgehead atoms. The summed E-state index contributed by atoms with van der Waals surface area (Å²) in [7, 11) is 1.47. The molecule has 0 spiro atoms. The second-order valence-corrected chi connectivity index (χ2v) is 1.06. The molecule has 0 saturated heterocycles. The van der Waals surface area contributed by atoms with E-state index in [0.717, 1.165) is 0 Å². The summed E-state index contributed by atoms with van der Waals surface area (Å²) >= 11 is 4.34. The highest BCUT2D eigenvalue weighted by atomic mass is 32.1. The van der Waals surface area contributed by atoms with Crippen LogP contribution in [0.4, 0.5) is 0 Å². The highest BCUT2D eigenvalue weighted by Gasteiger charge is 1.79. The average molecular weight is 116 g/mol. The number of hydrogen-bond donors (Lipinski definition) is 1. The molecule has 0 aromatic rings. The topological polar surface area (TPSA) is 60.9 Å². The minimum atomic E-state index is -0.0394. The van der Waals surface area contributed by atoms with Crippen molar-refractivity contribution in [2.24, 2.45) is 15.3 Å². The van der Waals surface area contributed by atoms with E-state index in [0.29, 0.717) is 0 Å². The van der Waals surface area contributed by atoms with Crippen molar-refractivity contribution in [3.63, 3.8) is 0 Å². The number of nitrogens with zero attached hydrogens (tertiary/aromatic N) is 3. The number of hydrogen-bond acceptors (Lipinski definition) is 3. The molecule has 7 heavy (non-hydrogen) atoms. The number of azo groups is 1. The highest BCUT2D eigenvalue weighted by molar-refractivity contribution is 7.80. The Morgan fingerprint density at radius 3 is 2.43 bits per heavy atom. The molecule has 0 atom stereocenters. The van der Waals surface area contributed by atoms with Crippen molar-refractivity contribution >= 4 is 17.3 Å². The number of thiocarbonyl (C=S) groups is 1. The van der Waals surface area contributed by atoms with E-state index in [1.54, 1.807) is 0 Å². The van der Waals surface area contributed by atoms with E-state index >= 15 is 0 Å². The van der Waals surface area contributed by atoms with Gasteiger partial charge in [-0.05, 0) is 12.2 Å². The first-order valence-corrected chi connectivity index (χ1v) is 1.93. The fourth-order valence-electron chi connectivity index (χ4n) is 0.108. The monoisotopic (exact) mass is 116 g/mol. The SMILES string of the molecule is CN=NC(=S)N=N. The molecule has 5 heteroatoms. The van der Waals surface area contributed by atoms with Crippen molar-refractivity contribution in [3.05, 3.63) is 0 Å². The predicted molar refractivity (Wildman–Crippen MR) is 28.5 cm³/mol. The van der Waals surface area contributed by atoms with Gasteiger partial charge in [-0.1, -0.05) is 0 Å². The first-order chi connectivity index (χ1) is 3.31. The Balaban J connectivity index is 3.58. The van der Waals surface area contributed by atoms with E-state index in [1.807, 2.05) is 0 Å². The molecule has 0 unspecified atom stereocenters. The molecule has 0 saturated carbocycles. The van der Waals surface area contributed by atoms with Crippen molar-refractivity contribution in [1.29, 1.82) is 5.53 Å². The van der Waals surface area contributed by atoms with Gasteiger partial charge in [-0.2, -0.15) is 5.11 Å². The lowest BCUT2D eigenvalue weighted by atomic mass is 11.2. The van der Waals surface area contributed by atoms with Crippen molar-refractivity contribution in [2.75, 3.05) is 7.05 Å². The molecular weight excluding hydrogens is 112 g/mol. The summed E-state index contributed by atoms with van der Waals surface area (Å²) in [5, 5.41) is 9.28. The van der Waals surface area contributed by atoms with Crippen molar-refractivity contribution in [3.8, 4) is 0 Å². The minimum Gasteiger partial charge on any atom is -0.202 e. The Morgan fingerprint density at radius 1 is 1.71 bits per heavy atom. The molecule has 0 radical (unpaired) electrons. The zero-order chi connectivity index (χ0) is 5.70. The summed E-state index contributed by atoms with van der Waals surface area (Å²) < 4.78 is 0. The molecule has 0 rings (SSSR count). The van der Waals surface area contributed by atoms with Crippen LogP contribution in [0.3, 0.4) is 0 Å². The van der Waals surface area contributed by atoms with Gasteiger partial charge >= 0.3 is 0 Å². The van der Waals surface area contributed by atoms with Crippen molar-refractivity contribution < 1.29 is 0 Å². The summed E-state index contributed by atoms with van der Waals surface area (Å²) in [5.74, 6) is 0. The maximum Gasteiger partial charge on any atom is 0.258 e. The third kappa shape index (κ3) is 3.11. The van der Waals surface area contributed by atoms with Gasteiger partial charge in [0.05, 0.1) is 0 Å². The third-order valence-electron chi connectivity index (χ3n) is 0.281. The fraction of sp³-hybridized carbons (Fsp3) is 0.500. The lowest BCUT2D eigenvalue weighted by Gasteiger charge is -1.73. The largest absolute Gasteiger partial charge is 0.258 e. The van der Waals surface area contributed by atoms with Crippen LogP contribution in [0.5, 0.6) is 0 Å². The Kier molecular flexibility index (Phi) is 3.13. The van der Waals surface area contributed by atoms with Gasteiger partial charge in [-0.25, -0.2) is 5.53 Å². The molecule has 4 nitrogen and oxygen atoms in total. The van der Waals surface area contributed by atoms with Crippen LogP contribution in [0.1, 0.15) is 0 Å². The van der Waals surface area contributed by atoms with Crippen molar-refractivity contribution in [1.82, 2.24) is 0 Å². The van der Waals surface area contributed by atoms with Crippen LogP contribution in [-0.4, -0.2) is 12.2 Å². The quantitative estimate of drug-likeness (QED) is 0.377. The lowest BCUT2D eigenvalue weighted by Crippen LogP contribution is -1.74. The summed E-state index contributed by atoms with van der Waals surface area (Å²) in [5.41, 5.74) is 6.24. The second-order valence-electron chi connectivity index (χ2n) is 0.694. The molecule has 0 amide bonds. The van der Waals surface area contributed by atoms with Gasteiger partial charge in [-0.15, -0.1) is 10.2 Å². The Morgan fingerprint density at radius 2 is 2.29 bits per heavy atom. The van der Waals surface area contributed by atoms with Gasteiger partial charge in [-0.3, -0.25) is 0 Å². The Labute approximate surface area is 46.1 Å². The minimum absolute atomic E-state index is 0.0394. The van der Waals surface area contributed by atoms with E-state index in [-0.39, 0.29) is 5.11 Å². The molecule has 1 N–H and O–H groups in total. The first kappa shape index (κ1) is 6.29. The third-order valence-corrected chi connectivity index (χ3v) is 0.454. The van der Waals surface area contributed by atoms with Crippen LogP contribution in [-0.2, 0) is 0 Å². The van der Waals surface area contributed by atoms with E-state index in [2.05, 4.69) is 27.6 Å². The van der Waals surface area contributed by atoms with Crippen LogP contribution in [0.15, 0.2) is 15.3 Å². The predicted octanol–water partition coefficient (Wildman–Crippen LogP) is 1.38. The molecule has 0 fully saturated rings. The lowest BCUT2D eigenvalue weighted by molar-refractivity contribution is 1.13. The van der Waals surface area contributed by atoms with Crippen LogP contribution in [0.2, 0.25) is 0 Å². The zero-order valence-corrected chi connectivity index (χ0v) is 4.57. The maximum atomic E-state index is 6.24. The van der Waals surface area contributed by atoms with Gasteiger partial charge in [0, 0.05) is 7.05 Å². The average Bonchev–Trinajstić information content (AvgIpc) is 1.68. The maximum absolute atomic E-state index is 6.24. The second kappa shape index (κ2) is 3.48. The van der Waals surface area contributed by atoms with Crippen LogP contribution in [0.25, 0.3) is 0 Å². The molecule has 38 valence electrons. The van der Waals surface area contributed by atoms with Crippen molar-refractivity contribution in [2.45, 2.75) is 0 Å². The first-order valence-electron chi connectivity index (χ1n) is 1.52. The molecule has 0 aromatic carbocycles. The smallest absolute Gasteiger partial charge is 0.202 e. The molecule has 0 aliphatic rings.